The van der Waals surface area contributed by atoms with E-state index in [-0.39, 0.29) is 5.69 Å². The van der Waals surface area contributed by atoms with Gasteiger partial charge in [-0.3, -0.25) is 4.68 Å². The summed E-state index contributed by atoms with van der Waals surface area (Å²) < 4.78 is 15.3. The van der Waals surface area contributed by atoms with Crippen LogP contribution in [0, 0.1) is 12.7 Å². The zero-order valence-electron chi connectivity index (χ0n) is 11.3. The molecular formula is C14H17FN4O. The van der Waals surface area contributed by atoms with E-state index in [9.17, 15) is 9.18 Å². The van der Waals surface area contributed by atoms with E-state index in [1.54, 1.807) is 29.9 Å². The van der Waals surface area contributed by atoms with Gasteiger partial charge >= 0.3 is 6.03 Å². The highest BCUT2D eigenvalue weighted by molar-refractivity contribution is 5.89. The lowest BCUT2D eigenvalue weighted by atomic mass is 10.2. The van der Waals surface area contributed by atoms with Crippen molar-refractivity contribution in [2.24, 2.45) is 0 Å². The largest absolute Gasteiger partial charge is 0.338 e. The van der Waals surface area contributed by atoms with Gasteiger partial charge in [0.05, 0.1) is 5.69 Å². The summed E-state index contributed by atoms with van der Waals surface area (Å²) in [6.45, 7) is 3.02. The second-order valence-corrected chi connectivity index (χ2v) is 4.49. The van der Waals surface area contributed by atoms with E-state index in [0.29, 0.717) is 6.54 Å². The fraction of sp³-hybridized carbons (Fsp3) is 0.286. The van der Waals surface area contributed by atoms with Crippen LogP contribution in [0.25, 0.3) is 0 Å². The van der Waals surface area contributed by atoms with Gasteiger partial charge in [-0.2, -0.15) is 5.10 Å². The van der Waals surface area contributed by atoms with E-state index in [1.807, 2.05) is 12.3 Å². The van der Waals surface area contributed by atoms with Gasteiger partial charge in [-0.15, -0.1) is 0 Å². The van der Waals surface area contributed by atoms with Crippen LogP contribution in [0.15, 0.2) is 36.7 Å². The third kappa shape index (κ3) is 4.08. The molecule has 0 spiro atoms. The molecule has 1 heterocycles. The highest BCUT2D eigenvalue weighted by Gasteiger charge is 2.06. The Bertz CT molecular complexity index is 569. The van der Waals surface area contributed by atoms with Gasteiger partial charge in [-0.1, -0.05) is 6.07 Å². The van der Waals surface area contributed by atoms with E-state index >= 15 is 0 Å². The van der Waals surface area contributed by atoms with Crippen molar-refractivity contribution in [1.82, 2.24) is 15.1 Å². The molecular weight excluding hydrogens is 259 g/mol. The molecule has 0 unspecified atom stereocenters. The van der Waals surface area contributed by atoms with Crippen molar-refractivity contribution in [3.63, 3.8) is 0 Å². The highest BCUT2D eigenvalue weighted by Crippen LogP contribution is 2.14. The number of carbonyl (C=O) groups is 1. The second kappa shape index (κ2) is 6.70. The standard InChI is InChI=1S/C14H17FN4O/c1-11-4-5-13(12(15)10-11)18-14(20)16-6-2-8-19-9-3-7-17-19/h3-5,7,9-10H,2,6,8H2,1H3,(H2,16,18,20). The summed E-state index contributed by atoms with van der Waals surface area (Å²) in [7, 11) is 0. The number of anilines is 1. The predicted octanol–water partition coefficient (Wildman–Crippen LogP) is 2.54. The number of benzene rings is 1. The number of aryl methyl sites for hydroxylation is 2. The summed E-state index contributed by atoms with van der Waals surface area (Å²) in [5.74, 6) is -0.434. The van der Waals surface area contributed by atoms with Crippen LogP contribution >= 0.6 is 0 Å². The number of amides is 2. The Labute approximate surface area is 116 Å². The van der Waals surface area contributed by atoms with Crippen molar-refractivity contribution < 1.29 is 9.18 Å². The molecule has 0 aliphatic heterocycles. The summed E-state index contributed by atoms with van der Waals surface area (Å²) in [6, 6.07) is 6.12. The summed E-state index contributed by atoms with van der Waals surface area (Å²) >= 11 is 0. The normalized spacial score (nSPS) is 10.3. The first kappa shape index (κ1) is 14.0. The number of nitrogens with zero attached hydrogens (tertiary/aromatic N) is 2. The molecule has 0 fully saturated rings. The van der Waals surface area contributed by atoms with Crippen LogP contribution in [-0.4, -0.2) is 22.4 Å². The minimum Gasteiger partial charge on any atom is -0.338 e. The lowest BCUT2D eigenvalue weighted by Crippen LogP contribution is -2.30. The highest BCUT2D eigenvalue weighted by atomic mass is 19.1. The molecule has 0 bridgehead atoms. The molecule has 2 rings (SSSR count). The number of aromatic nitrogens is 2. The maximum absolute atomic E-state index is 13.5. The summed E-state index contributed by atoms with van der Waals surface area (Å²) in [6.07, 6.45) is 4.33. The summed E-state index contributed by atoms with van der Waals surface area (Å²) in [4.78, 5) is 11.6. The molecule has 6 heteroatoms. The molecule has 106 valence electrons. The zero-order chi connectivity index (χ0) is 14.4. The van der Waals surface area contributed by atoms with Gasteiger partial charge in [0.25, 0.3) is 0 Å². The first-order valence-electron chi connectivity index (χ1n) is 6.43. The Kier molecular flexibility index (Phi) is 4.70. The molecule has 0 radical (unpaired) electrons. The molecule has 1 aromatic carbocycles. The van der Waals surface area contributed by atoms with Crippen LogP contribution in [0.2, 0.25) is 0 Å². The third-order valence-corrected chi connectivity index (χ3v) is 2.78. The molecule has 0 aliphatic rings. The molecule has 1 aromatic heterocycles. The molecule has 2 aromatic rings. The number of rotatable bonds is 5. The SMILES string of the molecule is Cc1ccc(NC(=O)NCCCn2cccn2)c(F)c1. The van der Waals surface area contributed by atoms with Crippen LogP contribution in [-0.2, 0) is 6.54 Å². The average Bonchev–Trinajstić information content (AvgIpc) is 2.91. The molecule has 0 saturated carbocycles. The monoisotopic (exact) mass is 276 g/mol. The van der Waals surface area contributed by atoms with Gasteiger partial charge in [0.1, 0.15) is 5.82 Å². The average molecular weight is 276 g/mol. The van der Waals surface area contributed by atoms with Gasteiger partial charge in [-0.25, -0.2) is 9.18 Å². The maximum atomic E-state index is 13.5. The van der Waals surface area contributed by atoms with E-state index in [1.165, 1.54) is 6.07 Å². The van der Waals surface area contributed by atoms with Crippen molar-refractivity contribution in [3.05, 3.63) is 48.0 Å². The number of carbonyl (C=O) groups excluding carboxylic acids is 1. The molecule has 0 aliphatic carbocycles. The van der Waals surface area contributed by atoms with Crippen LogP contribution in [0.1, 0.15) is 12.0 Å². The first-order chi connectivity index (χ1) is 9.65. The fourth-order valence-electron chi connectivity index (χ4n) is 1.76. The van der Waals surface area contributed by atoms with E-state index in [0.717, 1.165) is 18.5 Å². The van der Waals surface area contributed by atoms with E-state index in [2.05, 4.69) is 15.7 Å². The quantitative estimate of drug-likeness (QED) is 0.824. The fourth-order valence-corrected chi connectivity index (χ4v) is 1.76. The van der Waals surface area contributed by atoms with Crippen molar-refractivity contribution in [1.29, 1.82) is 0 Å². The second-order valence-electron chi connectivity index (χ2n) is 4.49. The predicted molar refractivity (Wildman–Crippen MR) is 75.0 cm³/mol. The molecule has 0 atom stereocenters. The Morgan fingerprint density at radius 3 is 3.00 bits per heavy atom. The lowest BCUT2D eigenvalue weighted by Gasteiger charge is -2.09. The maximum Gasteiger partial charge on any atom is 0.319 e. The third-order valence-electron chi connectivity index (χ3n) is 2.78. The number of hydrogen-bond acceptors (Lipinski definition) is 2. The minimum atomic E-state index is -0.434. The van der Waals surface area contributed by atoms with Crippen LogP contribution < -0.4 is 10.6 Å². The molecule has 5 nitrogen and oxygen atoms in total. The minimum absolute atomic E-state index is 0.181. The van der Waals surface area contributed by atoms with Gasteiger partial charge in [0.15, 0.2) is 0 Å². The van der Waals surface area contributed by atoms with Gasteiger partial charge < -0.3 is 10.6 Å². The van der Waals surface area contributed by atoms with Gasteiger partial charge in [0, 0.05) is 25.5 Å². The smallest absolute Gasteiger partial charge is 0.319 e. The van der Waals surface area contributed by atoms with Crippen molar-refractivity contribution >= 4 is 11.7 Å². The summed E-state index contributed by atoms with van der Waals surface area (Å²) in [5, 5.41) is 9.22. The van der Waals surface area contributed by atoms with Gasteiger partial charge in [0.2, 0.25) is 0 Å². The molecule has 2 N–H and O–H groups in total. The Morgan fingerprint density at radius 1 is 1.45 bits per heavy atom. The lowest BCUT2D eigenvalue weighted by molar-refractivity contribution is 0.251. The molecule has 20 heavy (non-hydrogen) atoms. The molecule has 2 amide bonds. The molecule has 0 saturated heterocycles. The van der Waals surface area contributed by atoms with Crippen molar-refractivity contribution in [3.8, 4) is 0 Å². The first-order valence-corrected chi connectivity index (χ1v) is 6.43. The van der Waals surface area contributed by atoms with Crippen molar-refractivity contribution in [2.45, 2.75) is 19.9 Å². The van der Waals surface area contributed by atoms with E-state index < -0.39 is 11.8 Å². The van der Waals surface area contributed by atoms with Crippen LogP contribution in [0.5, 0.6) is 0 Å². The summed E-state index contributed by atoms with van der Waals surface area (Å²) in [5.41, 5.74) is 0.993. The van der Waals surface area contributed by atoms with Crippen LogP contribution in [0.4, 0.5) is 14.9 Å². The Hall–Kier alpha value is -2.37. The Balaban J connectivity index is 1.72. The number of nitrogens with one attached hydrogen (secondary N) is 2. The van der Waals surface area contributed by atoms with Crippen molar-refractivity contribution in [2.75, 3.05) is 11.9 Å². The zero-order valence-corrected chi connectivity index (χ0v) is 11.3. The van der Waals surface area contributed by atoms with Crippen LogP contribution in [0.3, 0.4) is 0 Å². The Morgan fingerprint density at radius 2 is 2.30 bits per heavy atom. The van der Waals surface area contributed by atoms with E-state index in [4.69, 9.17) is 0 Å². The number of halogens is 1. The number of hydrogen-bond donors (Lipinski definition) is 2. The number of urea groups is 1. The van der Waals surface area contributed by atoms with Gasteiger partial charge in [-0.05, 0) is 37.1 Å². The topological polar surface area (TPSA) is 59.0 Å².